The molecule has 2 nitrogen and oxygen atoms in total. The lowest BCUT2D eigenvalue weighted by molar-refractivity contribution is -0.130. The van der Waals surface area contributed by atoms with Crippen LogP contribution in [0.25, 0.3) is 0 Å². The Morgan fingerprint density at radius 1 is 1.35 bits per heavy atom. The number of carbonyl (C=O) groups excluding carboxylic acids is 1. The predicted octanol–water partition coefficient (Wildman–Crippen LogP) is 3.73. The van der Waals surface area contributed by atoms with E-state index in [4.69, 9.17) is 23.2 Å². The van der Waals surface area contributed by atoms with Gasteiger partial charge in [-0.25, -0.2) is 0 Å². The number of benzene rings is 1. The van der Waals surface area contributed by atoms with Crippen LogP contribution in [0.4, 0.5) is 0 Å². The topological polar surface area (TPSA) is 20.3 Å². The predicted molar refractivity (Wildman–Crippen MR) is 72.5 cm³/mol. The van der Waals surface area contributed by atoms with Crippen LogP contribution in [0, 0.1) is 5.92 Å². The average Bonchev–Trinajstić information content (AvgIpc) is 2.30. The van der Waals surface area contributed by atoms with Gasteiger partial charge in [-0.3, -0.25) is 4.79 Å². The maximum Gasteiger partial charge on any atom is 0.237 e. The summed E-state index contributed by atoms with van der Waals surface area (Å²) in [5, 5.41) is 0.681. The molecule has 0 heterocycles. The SMILES string of the molecule is CC(C)C(c1ccccc1Cl)N(C)C(=O)CCl. The van der Waals surface area contributed by atoms with E-state index in [-0.39, 0.29) is 23.7 Å². The lowest BCUT2D eigenvalue weighted by atomic mass is 9.94. The Labute approximate surface area is 113 Å². The third-order valence-corrected chi connectivity index (χ3v) is 3.35. The zero-order valence-electron chi connectivity index (χ0n) is 10.3. The van der Waals surface area contributed by atoms with E-state index in [1.54, 1.807) is 11.9 Å². The van der Waals surface area contributed by atoms with Gasteiger partial charge in [0.2, 0.25) is 5.91 Å². The van der Waals surface area contributed by atoms with Crippen molar-refractivity contribution in [2.75, 3.05) is 12.9 Å². The van der Waals surface area contributed by atoms with E-state index in [1.165, 1.54) is 0 Å². The molecule has 0 fully saturated rings. The summed E-state index contributed by atoms with van der Waals surface area (Å²) in [4.78, 5) is 13.4. The molecule has 0 aliphatic carbocycles. The summed E-state index contributed by atoms with van der Waals surface area (Å²) in [6.07, 6.45) is 0. The van der Waals surface area contributed by atoms with Crippen LogP contribution >= 0.6 is 23.2 Å². The maximum absolute atomic E-state index is 11.7. The Hall–Kier alpha value is -0.730. The molecular weight excluding hydrogens is 257 g/mol. The van der Waals surface area contributed by atoms with Crippen molar-refractivity contribution in [2.24, 2.45) is 5.92 Å². The second-order valence-electron chi connectivity index (χ2n) is 4.35. The van der Waals surface area contributed by atoms with Crippen molar-refractivity contribution in [1.29, 1.82) is 0 Å². The first-order valence-corrected chi connectivity index (χ1v) is 6.46. The first kappa shape index (κ1) is 14.3. The van der Waals surface area contributed by atoms with Gasteiger partial charge in [0.1, 0.15) is 5.88 Å². The van der Waals surface area contributed by atoms with E-state index in [2.05, 4.69) is 13.8 Å². The van der Waals surface area contributed by atoms with E-state index < -0.39 is 0 Å². The van der Waals surface area contributed by atoms with Gasteiger partial charge in [-0.15, -0.1) is 11.6 Å². The van der Waals surface area contributed by atoms with Gasteiger partial charge < -0.3 is 4.90 Å². The maximum atomic E-state index is 11.7. The van der Waals surface area contributed by atoms with Gasteiger partial charge >= 0.3 is 0 Å². The standard InChI is InChI=1S/C13H17Cl2NO/c1-9(2)13(16(3)12(17)8-14)10-6-4-5-7-11(10)15/h4-7,9,13H,8H2,1-3H3. The number of rotatable bonds is 4. The number of amides is 1. The summed E-state index contributed by atoms with van der Waals surface area (Å²) in [7, 11) is 1.76. The van der Waals surface area contributed by atoms with Crippen molar-refractivity contribution in [3.63, 3.8) is 0 Å². The van der Waals surface area contributed by atoms with Crippen molar-refractivity contribution in [3.8, 4) is 0 Å². The van der Waals surface area contributed by atoms with Crippen LogP contribution in [-0.4, -0.2) is 23.7 Å². The highest BCUT2D eigenvalue weighted by atomic mass is 35.5. The second kappa shape index (κ2) is 6.27. The smallest absolute Gasteiger partial charge is 0.237 e. The Morgan fingerprint density at radius 3 is 2.41 bits per heavy atom. The summed E-state index contributed by atoms with van der Waals surface area (Å²) in [5.74, 6) is 0.168. The van der Waals surface area contributed by atoms with E-state index in [9.17, 15) is 4.79 Å². The highest BCUT2D eigenvalue weighted by Gasteiger charge is 2.25. The summed E-state index contributed by atoms with van der Waals surface area (Å²) in [6, 6.07) is 7.55. The third-order valence-electron chi connectivity index (χ3n) is 2.78. The molecule has 0 N–H and O–H groups in total. The van der Waals surface area contributed by atoms with E-state index in [1.807, 2.05) is 24.3 Å². The highest BCUT2D eigenvalue weighted by Crippen LogP contribution is 2.32. The van der Waals surface area contributed by atoms with E-state index in [0.29, 0.717) is 5.02 Å². The molecule has 0 saturated carbocycles. The third kappa shape index (κ3) is 3.36. The number of alkyl halides is 1. The molecule has 0 bridgehead atoms. The van der Waals surface area contributed by atoms with Gasteiger partial charge in [-0.2, -0.15) is 0 Å². The normalized spacial score (nSPS) is 12.6. The minimum atomic E-state index is -0.0923. The minimum absolute atomic E-state index is 0.00975. The number of nitrogens with zero attached hydrogens (tertiary/aromatic N) is 1. The van der Waals surface area contributed by atoms with Crippen LogP contribution in [-0.2, 0) is 4.79 Å². The van der Waals surface area contributed by atoms with Crippen LogP contribution in [0.2, 0.25) is 5.02 Å². The lowest BCUT2D eigenvalue weighted by Crippen LogP contribution is -2.35. The molecule has 0 saturated heterocycles. The monoisotopic (exact) mass is 273 g/mol. The Balaban J connectivity index is 3.10. The fourth-order valence-corrected chi connectivity index (χ4v) is 2.42. The molecule has 0 spiro atoms. The van der Waals surface area contributed by atoms with Gasteiger partial charge in [0.25, 0.3) is 0 Å². The largest absolute Gasteiger partial charge is 0.337 e. The summed E-state index contributed by atoms with van der Waals surface area (Å²) < 4.78 is 0. The molecule has 1 rings (SSSR count). The molecule has 1 aromatic rings. The first-order valence-electron chi connectivity index (χ1n) is 5.55. The van der Waals surface area contributed by atoms with Crippen molar-refractivity contribution >= 4 is 29.1 Å². The van der Waals surface area contributed by atoms with Crippen molar-refractivity contribution < 1.29 is 4.79 Å². The van der Waals surface area contributed by atoms with E-state index in [0.717, 1.165) is 5.56 Å². The van der Waals surface area contributed by atoms with Gasteiger partial charge in [-0.05, 0) is 17.5 Å². The minimum Gasteiger partial charge on any atom is -0.337 e. The fourth-order valence-electron chi connectivity index (χ4n) is 1.98. The fraction of sp³-hybridized carbons (Fsp3) is 0.462. The quantitative estimate of drug-likeness (QED) is 0.766. The zero-order chi connectivity index (χ0) is 13.0. The molecule has 17 heavy (non-hydrogen) atoms. The molecule has 1 atom stereocenters. The van der Waals surface area contributed by atoms with Gasteiger partial charge in [0.05, 0.1) is 6.04 Å². The molecule has 0 radical (unpaired) electrons. The van der Waals surface area contributed by atoms with Gasteiger partial charge in [-0.1, -0.05) is 43.6 Å². The number of hydrogen-bond donors (Lipinski definition) is 0. The first-order chi connectivity index (χ1) is 7.99. The lowest BCUT2D eigenvalue weighted by Gasteiger charge is -2.32. The number of carbonyl (C=O) groups is 1. The van der Waals surface area contributed by atoms with Crippen molar-refractivity contribution in [3.05, 3.63) is 34.9 Å². The average molecular weight is 274 g/mol. The summed E-state index contributed by atoms with van der Waals surface area (Å²) in [6.45, 7) is 4.12. The molecule has 4 heteroatoms. The molecule has 0 aliphatic heterocycles. The van der Waals surface area contributed by atoms with E-state index >= 15 is 0 Å². The molecule has 0 aliphatic rings. The van der Waals surface area contributed by atoms with Crippen LogP contribution < -0.4 is 0 Å². The highest BCUT2D eigenvalue weighted by molar-refractivity contribution is 6.31. The number of halogens is 2. The van der Waals surface area contributed by atoms with Crippen LogP contribution in [0.3, 0.4) is 0 Å². The number of hydrogen-bond acceptors (Lipinski definition) is 1. The molecule has 0 aromatic heterocycles. The van der Waals surface area contributed by atoms with Gasteiger partial charge in [0, 0.05) is 12.1 Å². The summed E-state index contributed by atoms with van der Waals surface area (Å²) >= 11 is 11.8. The zero-order valence-corrected chi connectivity index (χ0v) is 11.8. The Morgan fingerprint density at radius 2 is 1.94 bits per heavy atom. The second-order valence-corrected chi connectivity index (χ2v) is 5.02. The molecule has 1 aromatic carbocycles. The summed E-state index contributed by atoms with van der Waals surface area (Å²) in [5.41, 5.74) is 0.963. The molecule has 94 valence electrons. The molecule has 1 unspecified atom stereocenters. The van der Waals surface area contributed by atoms with Crippen LogP contribution in [0.1, 0.15) is 25.5 Å². The van der Waals surface area contributed by atoms with Crippen molar-refractivity contribution in [1.82, 2.24) is 4.90 Å². The molecule has 1 amide bonds. The van der Waals surface area contributed by atoms with Gasteiger partial charge in [0.15, 0.2) is 0 Å². The van der Waals surface area contributed by atoms with Crippen LogP contribution in [0.5, 0.6) is 0 Å². The van der Waals surface area contributed by atoms with Crippen molar-refractivity contribution in [2.45, 2.75) is 19.9 Å². The Kier molecular flexibility index (Phi) is 5.29. The Bertz CT molecular complexity index is 393. The van der Waals surface area contributed by atoms with Crippen LogP contribution in [0.15, 0.2) is 24.3 Å². The molecular formula is C13H17Cl2NO.